The van der Waals surface area contributed by atoms with Gasteiger partial charge in [-0.2, -0.15) is 0 Å². The van der Waals surface area contributed by atoms with Gasteiger partial charge in [0.25, 0.3) is 0 Å². The lowest BCUT2D eigenvalue weighted by atomic mass is 10.0. The summed E-state index contributed by atoms with van der Waals surface area (Å²) in [5, 5.41) is 0. The van der Waals surface area contributed by atoms with Crippen molar-refractivity contribution in [3.63, 3.8) is 0 Å². The number of hydrogen-bond acceptors (Lipinski definition) is 3. The van der Waals surface area contributed by atoms with E-state index in [9.17, 15) is 9.59 Å². The molecule has 0 bridgehead atoms. The second kappa shape index (κ2) is 5.85. The van der Waals surface area contributed by atoms with Crippen LogP contribution in [-0.2, 0) is 16.0 Å². The minimum absolute atomic E-state index is 0.374. The van der Waals surface area contributed by atoms with Gasteiger partial charge in [0.05, 0.1) is 7.11 Å². The topological polar surface area (TPSA) is 43.4 Å². The maximum atomic E-state index is 11.0. The van der Waals surface area contributed by atoms with Crippen molar-refractivity contribution >= 4 is 12.3 Å². The van der Waals surface area contributed by atoms with E-state index >= 15 is 0 Å². The van der Waals surface area contributed by atoms with Crippen LogP contribution in [0.5, 0.6) is 0 Å². The van der Waals surface area contributed by atoms with Gasteiger partial charge in [-0.25, -0.2) is 4.79 Å². The lowest BCUT2D eigenvalue weighted by Gasteiger charge is -2.04. The molecule has 0 aromatic heterocycles. The minimum Gasteiger partial charge on any atom is -0.466 e. The van der Waals surface area contributed by atoms with E-state index < -0.39 is 0 Å². The SMILES string of the molecule is COC(=O)/C=C(/C)Cc1ccccc1C=O. The number of hydrogen-bond donors (Lipinski definition) is 0. The third-order valence-electron chi connectivity index (χ3n) is 2.22. The van der Waals surface area contributed by atoms with Crippen molar-refractivity contribution in [2.24, 2.45) is 0 Å². The zero-order chi connectivity index (χ0) is 12.0. The van der Waals surface area contributed by atoms with E-state index in [1.165, 1.54) is 13.2 Å². The van der Waals surface area contributed by atoms with Gasteiger partial charge in [0.15, 0.2) is 0 Å². The summed E-state index contributed by atoms with van der Waals surface area (Å²) in [6, 6.07) is 7.31. The van der Waals surface area contributed by atoms with Gasteiger partial charge in [0.1, 0.15) is 6.29 Å². The van der Waals surface area contributed by atoms with E-state index in [1.54, 1.807) is 6.07 Å². The lowest BCUT2D eigenvalue weighted by molar-refractivity contribution is -0.134. The zero-order valence-corrected chi connectivity index (χ0v) is 9.40. The molecule has 0 saturated heterocycles. The molecular formula is C13H14O3. The summed E-state index contributed by atoms with van der Waals surface area (Å²) in [5.41, 5.74) is 2.43. The van der Waals surface area contributed by atoms with Crippen LogP contribution in [0.25, 0.3) is 0 Å². The van der Waals surface area contributed by atoms with E-state index in [0.717, 1.165) is 17.4 Å². The molecule has 1 rings (SSSR count). The smallest absolute Gasteiger partial charge is 0.330 e. The molecule has 3 nitrogen and oxygen atoms in total. The van der Waals surface area contributed by atoms with Crippen LogP contribution in [0.1, 0.15) is 22.8 Å². The van der Waals surface area contributed by atoms with Gasteiger partial charge >= 0.3 is 5.97 Å². The number of carbonyl (C=O) groups excluding carboxylic acids is 2. The van der Waals surface area contributed by atoms with E-state index in [4.69, 9.17) is 0 Å². The molecule has 3 heteroatoms. The van der Waals surface area contributed by atoms with Crippen molar-refractivity contribution in [3.05, 3.63) is 47.0 Å². The Bertz CT molecular complexity index is 419. The Morgan fingerprint density at radius 2 is 2.06 bits per heavy atom. The molecule has 1 aromatic rings. The van der Waals surface area contributed by atoms with Crippen LogP contribution < -0.4 is 0 Å². The molecule has 0 amide bonds. The number of allylic oxidation sites excluding steroid dienone is 1. The Morgan fingerprint density at radius 1 is 1.38 bits per heavy atom. The van der Waals surface area contributed by atoms with Crippen LogP contribution >= 0.6 is 0 Å². The van der Waals surface area contributed by atoms with Crippen molar-refractivity contribution in [2.75, 3.05) is 7.11 Å². The number of ether oxygens (including phenoxy) is 1. The first-order valence-electron chi connectivity index (χ1n) is 4.95. The third-order valence-corrected chi connectivity index (χ3v) is 2.22. The van der Waals surface area contributed by atoms with Gasteiger partial charge in [-0.05, 0) is 18.9 Å². The Hall–Kier alpha value is -1.90. The van der Waals surface area contributed by atoms with Crippen LogP contribution in [0.2, 0.25) is 0 Å². The Morgan fingerprint density at radius 3 is 2.69 bits per heavy atom. The molecule has 0 atom stereocenters. The molecule has 0 aliphatic carbocycles. The average Bonchev–Trinajstić information content (AvgIpc) is 2.29. The molecule has 0 aliphatic heterocycles. The highest BCUT2D eigenvalue weighted by molar-refractivity contribution is 5.83. The number of esters is 1. The predicted octanol–water partition coefficient (Wildman–Crippen LogP) is 2.16. The number of benzene rings is 1. The van der Waals surface area contributed by atoms with Crippen LogP contribution in [0.4, 0.5) is 0 Å². The zero-order valence-electron chi connectivity index (χ0n) is 9.40. The summed E-state index contributed by atoms with van der Waals surface area (Å²) in [6.07, 6.45) is 2.83. The molecular weight excluding hydrogens is 204 g/mol. The van der Waals surface area contributed by atoms with Gasteiger partial charge in [-0.15, -0.1) is 0 Å². The summed E-state index contributed by atoms with van der Waals surface area (Å²) in [6.45, 7) is 1.83. The van der Waals surface area contributed by atoms with E-state index in [1.807, 2.05) is 25.1 Å². The first-order valence-corrected chi connectivity index (χ1v) is 4.95. The first kappa shape index (κ1) is 12.2. The largest absolute Gasteiger partial charge is 0.466 e. The standard InChI is InChI=1S/C13H14O3/c1-10(8-13(15)16-2)7-11-5-3-4-6-12(11)9-14/h3-6,8-9H,7H2,1-2H3/b10-8-. The fourth-order valence-corrected chi connectivity index (χ4v) is 1.42. The molecule has 0 saturated carbocycles. The highest BCUT2D eigenvalue weighted by Gasteiger charge is 2.03. The summed E-state index contributed by atoms with van der Waals surface area (Å²) < 4.78 is 4.53. The van der Waals surface area contributed by atoms with Gasteiger partial charge in [0, 0.05) is 11.6 Å². The normalized spacial score (nSPS) is 11.0. The van der Waals surface area contributed by atoms with E-state index in [0.29, 0.717) is 12.0 Å². The highest BCUT2D eigenvalue weighted by Crippen LogP contribution is 2.11. The molecule has 0 spiro atoms. The minimum atomic E-state index is -0.374. The van der Waals surface area contributed by atoms with Crippen molar-refractivity contribution in [1.82, 2.24) is 0 Å². The molecule has 0 heterocycles. The summed E-state index contributed by atoms with van der Waals surface area (Å²) >= 11 is 0. The molecule has 84 valence electrons. The van der Waals surface area contributed by atoms with Crippen LogP contribution in [0.15, 0.2) is 35.9 Å². The Balaban J connectivity index is 2.84. The molecule has 16 heavy (non-hydrogen) atoms. The molecule has 0 radical (unpaired) electrons. The molecule has 1 aromatic carbocycles. The second-order valence-electron chi connectivity index (χ2n) is 3.51. The van der Waals surface area contributed by atoms with E-state index in [2.05, 4.69) is 4.74 Å². The summed E-state index contributed by atoms with van der Waals surface area (Å²) in [5.74, 6) is -0.374. The monoisotopic (exact) mass is 218 g/mol. The van der Waals surface area contributed by atoms with Crippen molar-refractivity contribution in [1.29, 1.82) is 0 Å². The van der Waals surface area contributed by atoms with Crippen LogP contribution in [-0.4, -0.2) is 19.4 Å². The van der Waals surface area contributed by atoms with Crippen LogP contribution in [0, 0.1) is 0 Å². The molecule has 0 aliphatic rings. The quantitative estimate of drug-likeness (QED) is 0.442. The molecule has 0 fully saturated rings. The summed E-state index contributed by atoms with van der Waals surface area (Å²) in [4.78, 5) is 21.8. The van der Waals surface area contributed by atoms with Gasteiger partial charge in [-0.3, -0.25) is 4.79 Å². The maximum absolute atomic E-state index is 11.0. The van der Waals surface area contributed by atoms with Crippen LogP contribution in [0.3, 0.4) is 0 Å². The second-order valence-corrected chi connectivity index (χ2v) is 3.51. The fraction of sp³-hybridized carbons (Fsp3) is 0.231. The van der Waals surface area contributed by atoms with Gasteiger partial charge in [0.2, 0.25) is 0 Å². The number of rotatable bonds is 4. The fourth-order valence-electron chi connectivity index (χ4n) is 1.42. The van der Waals surface area contributed by atoms with E-state index in [-0.39, 0.29) is 5.97 Å². The number of carbonyl (C=O) groups is 2. The lowest BCUT2D eigenvalue weighted by Crippen LogP contribution is -1.99. The number of aldehydes is 1. The maximum Gasteiger partial charge on any atom is 0.330 e. The molecule has 0 unspecified atom stereocenters. The molecule has 0 N–H and O–H groups in total. The third kappa shape index (κ3) is 3.35. The predicted molar refractivity (Wildman–Crippen MR) is 61.3 cm³/mol. The number of methoxy groups -OCH3 is 1. The first-order chi connectivity index (χ1) is 7.67. The van der Waals surface area contributed by atoms with Crippen molar-refractivity contribution < 1.29 is 14.3 Å². The Kier molecular flexibility index (Phi) is 4.45. The van der Waals surface area contributed by atoms with Gasteiger partial charge in [-0.1, -0.05) is 29.8 Å². The van der Waals surface area contributed by atoms with Gasteiger partial charge < -0.3 is 4.74 Å². The van der Waals surface area contributed by atoms with Crippen molar-refractivity contribution in [2.45, 2.75) is 13.3 Å². The van der Waals surface area contributed by atoms with Crippen molar-refractivity contribution in [3.8, 4) is 0 Å². The Labute approximate surface area is 94.7 Å². The average molecular weight is 218 g/mol. The highest BCUT2D eigenvalue weighted by atomic mass is 16.5. The summed E-state index contributed by atoms with van der Waals surface area (Å²) in [7, 11) is 1.34.